The van der Waals surface area contributed by atoms with E-state index in [0.29, 0.717) is 31.6 Å². The van der Waals surface area contributed by atoms with Crippen LogP contribution < -0.4 is 15.1 Å². The number of carbonyl (C=O) groups is 2. The summed E-state index contributed by atoms with van der Waals surface area (Å²) in [5, 5.41) is 10.5. The quantitative estimate of drug-likeness (QED) is 0.314. The number of carbonyl (C=O) groups excluding carboxylic acids is 2. The van der Waals surface area contributed by atoms with Crippen molar-refractivity contribution in [3.63, 3.8) is 0 Å². The van der Waals surface area contributed by atoms with Gasteiger partial charge < -0.3 is 9.64 Å². The van der Waals surface area contributed by atoms with E-state index >= 15 is 0 Å². The number of methoxy groups -OCH3 is 1. The number of anilines is 1. The number of amides is 2. The second kappa shape index (κ2) is 11.1. The van der Waals surface area contributed by atoms with E-state index in [9.17, 15) is 9.59 Å². The third-order valence-electron chi connectivity index (χ3n) is 4.03. The average Bonchev–Trinajstić information content (AvgIpc) is 3.10. The molecule has 1 aromatic heterocycles. The SMILES string of the molecule is COc1ccccc1N(Cc1cc(Br)cs1)C(=O)CCCCCC(=O)NO. The van der Waals surface area contributed by atoms with Crippen LogP contribution in [0.25, 0.3) is 0 Å². The maximum atomic E-state index is 12.9. The lowest BCUT2D eigenvalue weighted by atomic mass is 10.1. The second-order valence-electron chi connectivity index (χ2n) is 5.98. The predicted molar refractivity (Wildman–Crippen MR) is 109 cm³/mol. The molecule has 0 saturated heterocycles. The number of benzene rings is 1. The number of para-hydroxylation sites is 2. The normalized spacial score (nSPS) is 10.5. The van der Waals surface area contributed by atoms with Crippen LogP contribution in [0.4, 0.5) is 5.69 Å². The number of hydroxylamine groups is 1. The standard InChI is InChI=1S/C19H23BrN2O4S/c1-26-17-8-6-5-7-16(17)22(12-15-11-14(20)13-27-15)19(24)10-4-2-3-9-18(23)21-25/h5-8,11,13,25H,2-4,9-10,12H2,1H3,(H,21,23). The van der Waals surface area contributed by atoms with Crippen LogP contribution in [0.15, 0.2) is 40.2 Å². The molecule has 2 amide bonds. The Morgan fingerprint density at radius 3 is 2.63 bits per heavy atom. The Labute approximate surface area is 171 Å². The van der Waals surface area contributed by atoms with E-state index in [0.717, 1.165) is 21.5 Å². The Balaban J connectivity index is 2.05. The van der Waals surface area contributed by atoms with Crippen molar-refractivity contribution in [3.8, 4) is 5.75 Å². The topological polar surface area (TPSA) is 78.9 Å². The highest BCUT2D eigenvalue weighted by Gasteiger charge is 2.20. The van der Waals surface area contributed by atoms with E-state index in [1.165, 1.54) is 0 Å². The summed E-state index contributed by atoms with van der Waals surface area (Å²) in [7, 11) is 1.59. The van der Waals surface area contributed by atoms with E-state index in [-0.39, 0.29) is 12.3 Å². The molecule has 0 atom stereocenters. The van der Waals surface area contributed by atoms with E-state index in [2.05, 4.69) is 15.9 Å². The molecule has 8 heteroatoms. The molecule has 2 N–H and O–H groups in total. The van der Waals surface area contributed by atoms with Crippen LogP contribution in [0.5, 0.6) is 5.75 Å². The Morgan fingerprint density at radius 1 is 1.22 bits per heavy atom. The van der Waals surface area contributed by atoms with Gasteiger partial charge >= 0.3 is 0 Å². The monoisotopic (exact) mass is 454 g/mol. The second-order valence-corrected chi connectivity index (χ2v) is 7.89. The highest BCUT2D eigenvalue weighted by molar-refractivity contribution is 9.10. The van der Waals surface area contributed by atoms with Crippen molar-refractivity contribution >= 4 is 44.8 Å². The van der Waals surface area contributed by atoms with Crippen LogP contribution in [0, 0.1) is 0 Å². The Bertz CT molecular complexity index is 766. The van der Waals surface area contributed by atoms with E-state index < -0.39 is 5.91 Å². The minimum Gasteiger partial charge on any atom is -0.495 e. The molecule has 146 valence electrons. The van der Waals surface area contributed by atoms with Gasteiger partial charge in [0.2, 0.25) is 11.8 Å². The molecule has 1 heterocycles. The van der Waals surface area contributed by atoms with Crippen LogP contribution in [0.1, 0.15) is 37.0 Å². The maximum absolute atomic E-state index is 12.9. The fraction of sp³-hybridized carbons (Fsp3) is 0.368. The molecule has 1 aromatic carbocycles. The molecule has 0 aliphatic rings. The number of hydrogen-bond donors (Lipinski definition) is 2. The molecule has 2 rings (SSSR count). The fourth-order valence-corrected chi connectivity index (χ4v) is 4.12. The summed E-state index contributed by atoms with van der Waals surface area (Å²) in [6.45, 7) is 0.475. The first-order valence-corrected chi connectivity index (χ1v) is 10.3. The van der Waals surface area contributed by atoms with Gasteiger partial charge in [0.05, 0.1) is 19.3 Å². The van der Waals surface area contributed by atoms with Crippen molar-refractivity contribution in [1.82, 2.24) is 5.48 Å². The van der Waals surface area contributed by atoms with Gasteiger partial charge in [-0.25, -0.2) is 5.48 Å². The molecular formula is C19H23BrN2O4S. The molecule has 0 spiro atoms. The first kappa shape index (κ1) is 21.4. The minimum atomic E-state index is -0.403. The molecular weight excluding hydrogens is 432 g/mol. The minimum absolute atomic E-state index is 0.00984. The van der Waals surface area contributed by atoms with Crippen LogP contribution in [-0.2, 0) is 16.1 Å². The summed E-state index contributed by atoms with van der Waals surface area (Å²) < 4.78 is 6.43. The molecule has 0 aliphatic heterocycles. The third kappa shape index (κ3) is 6.64. The van der Waals surface area contributed by atoms with E-state index in [1.807, 2.05) is 35.7 Å². The summed E-state index contributed by atoms with van der Waals surface area (Å²) >= 11 is 5.04. The van der Waals surface area contributed by atoms with Crippen molar-refractivity contribution in [3.05, 3.63) is 45.1 Å². The van der Waals surface area contributed by atoms with Crippen molar-refractivity contribution in [2.75, 3.05) is 12.0 Å². The van der Waals surface area contributed by atoms with Crippen LogP contribution in [0.3, 0.4) is 0 Å². The summed E-state index contributed by atoms with van der Waals surface area (Å²) in [6.07, 6.45) is 2.68. The van der Waals surface area contributed by atoms with Gasteiger partial charge in [0.25, 0.3) is 0 Å². The third-order valence-corrected chi connectivity index (χ3v) is 5.71. The number of unbranched alkanes of at least 4 members (excludes halogenated alkanes) is 2. The summed E-state index contributed by atoms with van der Waals surface area (Å²) in [5.41, 5.74) is 2.36. The van der Waals surface area contributed by atoms with Crippen molar-refractivity contribution in [2.45, 2.75) is 38.6 Å². The van der Waals surface area contributed by atoms with Gasteiger partial charge in [0, 0.05) is 27.6 Å². The van der Waals surface area contributed by atoms with Crippen LogP contribution >= 0.6 is 27.3 Å². The van der Waals surface area contributed by atoms with Gasteiger partial charge in [-0.1, -0.05) is 18.6 Å². The first-order valence-electron chi connectivity index (χ1n) is 8.64. The molecule has 0 radical (unpaired) electrons. The highest BCUT2D eigenvalue weighted by Crippen LogP contribution is 2.31. The molecule has 0 unspecified atom stereocenters. The lowest BCUT2D eigenvalue weighted by molar-refractivity contribution is -0.129. The smallest absolute Gasteiger partial charge is 0.243 e. The van der Waals surface area contributed by atoms with E-state index in [1.54, 1.807) is 28.8 Å². The Kier molecular flexibility index (Phi) is 8.77. The maximum Gasteiger partial charge on any atom is 0.243 e. The molecule has 6 nitrogen and oxygen atoms in total. The van der Waals surface area contributed by atoms with Gasteiger partial charge in [0.1, 0.15) is 5.75 Å². The number of halogens is 1. The van der Waals surface area contributed by atoms with Crippen LogP contribution in [0.2, 0.25) is 0 Å². The number of rotatable bonds is 10. The zero-order chi connectivity index (χ0) is 19.6. The number of nitrogens with zero attached hydrogens (tertiary/aromatic N) is 1. The zero-order valence-corrected chi connectivity index (χ0v) is 17.5. The Hall–Kier alpha value is -1.90. The highest BCUT2D eigenvalue weighted by atomic mass is 79.9. The van der Waals surface area contributed by atoms with Gasteiger partial charge in [-0.3, -0.25) is 14.8 Å². The number of ether oxygens (including phenoxy) is 1. The summed E-state index contributed by atoms with van der Waals surface area (Å²) in [4.78, 5) is 26.8. The number of nitrogens with one attached hydrogen (secondary N) is 1. The first-order chi connectivity index (χ1) is 13.0. The van der Waals surface area contributed by atoms with Gasteiger partial charge in [0.15, 0.2) is 0 Å². The van der Waals surface area contributed by atoms with Crippen molar-refractivity contribution in [2.24, 2.45) is 0 Å². The van der Waals surface area contributed by atoms with Crippen molar-refractivity contribution in [1.29, 1.82) is 0 Å². The summed E-state index contributed by atoms with van der Waals surface area (Å²) in [5.74, 6) is 0.261. The number of hydrogen-bond acceptors (Lipinski definition) is 5. The molecule has 0 fully saturated rings. The fourth-order valence-electron chi connectivity index (χ4n) is 2.68. The predicted octanol–water partition coefficient (Wildman–Crippen LogP) is 4.51. The van der Waals surface area contributed by atoms with Gasteiger partial charge in [-0.2, -0.15) is 0 Å². The van der Waals surface area contributed by atoms with Gasteiger partial charge in [-0.15, -0.1) is 11.3 Å². The molecule has 0 bridgehead atoms. The Morgan fingerprint density at radius 2 is 1.96 bits per heavy atom. The summed E-state index contributed by atoms with van der Waals surface area (Å²) in [6, 6.07) is 9.49. The lowest BCUT2D eigenvalue weighted by Gasteiger charge is -2.24. The largest absolute Gasteiger partial charge is 0.495 e. The average molecular weight is 455 g/mol. The van der Waals surface area contributed by atoms with Crippen LogP contribution in [-0.4, -0.2) is 24.1 Å². The lowest BCUT2D eigenvalue weighted by Crippen LogP contribution is -2.30. The van der Waals surface area contributed by atoms with Gasteiger partial charge in [-0.05, 0) is 47.0 Å². The van der Waals surface area contributed by atoms with E-state index in [4.69, 9.17) is 9.94 Å². The molecule has 0 saturated carbocycles. The molecule has 0 aliphatic carbocycles. The zero-order valence-electron chi connectivity index (χ0n) is 15.1. The molecule has 27 heavy (non-hydrogen) atoms. The number of thiophene rings is 1. The van der Waals surface area contributed by atoms with Crippen molar-refractivity contribution < 1.29 is 19.5 Å². The molecule has 2 aromatic rings.